The molecule has 20 heavy (non-hydrogen) atoms. The van der Waals surface area contributed by atoms with Gasteiger partial charge in [0.1, 0.15) is 0 Å². The van der Waals surface area contributed by atoms with Gasteiger partial charge in [0.15, 0.2) is 0 Å². The van der Waals surface area contributed by atoms with Gasteiger partial charge in [-0.2, -0.15) is 0 Å². The molecule has 1 heterocycles. The van der Waals surface area contributed by atoms with Crippen LogP contribution < -0.4 is 5.32 Å². The number of nitrogens with one attached hydrogen (secondary N) is 1. The van der Waals surface area contributed by atoms with Crippen LogP contribution in [0.3, 0.4) is 0 Å². The fraction of sp³-hybridized carbons (Fsp3) is 0.562. The van der Waals surface area contributed by atoms with E-state index in [0.29, 0.717) is 5.92 Å². The number of hydrogen-bond donors (Lipinski definition) is 1. The minimum Gasteiger partial charge on any atom is -0.384 e. The first-order valence-corrected chi connectivity index (χ1v) is 7.31. The summed E-state index contributed by atoms with van der Waals surface area (Å²) < 4.78 is 0. The zero-order valence-electron chi connectivity index (χ0n) is 12.7. The lowest BCUT2D eigenvalue weighted by atomic mass is 9.97. The molecule has 0 aliphatic carbocycles. The minimum atomic E-state index is 0.0523. The summed E-state index contributed by atoms with van der Waals surface area (Å²) in [7, 11) is 5.75. The van der Waals surface area contributed by atoms with Crippen molar-refractivity contribution in [3.05, 3.63) is 29.8 Å². The molecule has 0 radical (unpaired) electrons. The normalized spacial score (nSPS) is 16.9. The molecule has 4 heteroatoms. The van der Waals surface area contributed by atoms with Crippen LogP contribution in [0.1, 0.15) is 23.2 Å². The molecule has 0 saturated carbocycles. The maximum absolute atomic E-state index is 12.1. The van der Waals surface area contributed by atoms with E-state index in [1.807, 2.05) is 24.3 Å². The van der Waals surface area contributed by atoms with Crippen LogP contribution in [0.15, 0.2) is 24.3 Å². The fourth-order valence-electron chi connectivity index (χ4n) is 2.59. The van der Waals surface area contributed by atoms with E-state index in [1.165, 1.54) is 25.9 Å². The third-order valence-electron chi connectivity index (χ3n) is 3.98. The average molecular weight is 275 g/mol. The quantitative estimate of drug-likeness (QED) is 0.914. The van der Waals surface area contributed by atoms with Gasteiger partial charge >= 0.3 is 0 Å². The van der Waals surface area contributed by atoms with E-state index in [1.54, 1.807) is 19.0 Å². The molecule has 2 rings (SSSR count). The number of carbonyl (C=O) groups excluding carboxylic acids is 1. The summed E-state index contributed by atoms with van der Waals surface area (Å²) in [6.45, 7) is 3.29. The Morgan fingerprint density at radius 3 is 2.60 bits per heavy atom. The van der Waals surface area contributed by atoms with Crippen molar-refractivity contribution in [1.82, 2.24) is 9.80 Å². The molecule has 0 spiro atoms. The standard InChI is InChI=1S/C16H25N3O/c1-18(2)16(20)14-6-4-5-7-15(14)17-12-13-8-10-19(3)11-9-13/h4-7,13,17H,8-12H2,1-3H3. The molecule has 1 amide bonds. The highest BCUT2D eigenvalue weighted by molar-refractivity contribution is 5.99. The zero-order chi connectivity index (χ0) is 14.5. The van der Waals surface area contributed by atoms with Crippen molar-refractivity contribution in [2.45, 2.75) is 12.8 Å². The molecule has 1 saturated heterocycles. The Bertz CT molecular complexity index is 451. The Kier molecular flexibility index (Phi) is 5.01. The summed E-state index contributed by atoms with van der Waals surface area (Å²) in [5, 5.41) is 3.47. The molecule has 110 valence electrons. The number of nitrogens with zero attached hydrogens (tertiary/aromatic N) is 2. The van der Waals surface area contributed by atoms with Gasteiger partial charge < -0.3 is 15.1 Å². The highest BCUT2D eigenvalue weighted by atomic mass is 16.2. The maximum Gasteiger partial charge on any atom is 0.255 e. The van der Waals surface area contributed by atoms with Gasteiger partial charge in [-0.1, -0.05) is 12.1 Å². The van der Waals surface area contributed by atoms with Crippen LogP contribution in [0, 0.1) is 5.92 Å². The summed E-state index contributed by atoms with van der Waals surface area (Å²) in [6.07, 6.45) is 2.46. The largest absolute Gasteiger partial charge is 0.384 e. The number of rotatable bonds is 4. The third kappa shape index (κ3) is 3.73. The summed E-state index contributed by atoms with van der Waals surface area (Å²) in [5.41, 5.74) is 1.70. The van der Waals surface area contributed by atoms with Crippen molar-refractivity contribution in [2.24, 2.45) is 5.92 Å². The third-order valence-corrected chi connectivity index (χ3v) is 3.98. The van der Waals surface area contributed by atoms with E-state index >= 15 is 0 Å². The molecule has 1 N–H and O–H groups in total. The molecular formula is C16H25N3O. The van der Waals surface area contributed by atoms with Crippen LogP contribution in [-0.2, 0) is 0 Å². The molecule has 1 aliphatic rings. The van der Waals surface area contributed by atoms with E-state index in [4.69, 9.17) is 0 Å². The number of likely N-dealkylation sites (tertiary alicyclic amines) is 1. The van der Waals surface area contributed by atoms with Gasteiger partial charge in [0, 0.05) is 26.3 Å². The molecular weight excluding hydrogens is 250 g/mol. The van der Waals surface area contributed by atoms with Gasteiger partial charge in [-0.3, -0.25) is 4.79 Å². The average Bonchev–Trinajstić information content (AvgIpc) is 2.46. The van der Waals surface area contributed by atoms with Crippen LogP contribution >= 0.6 is 0 Å². The molecule has 1 aromatic rings. The molecule has 0 bridgehead atoms. The Morgan fingerprint density at radius 1 is 1.30 bits per heavy atom. The van der Waals surface area contributed by atoms with Crippen molar-refractivity contribution < 1.29 is 4.79 Å². The highest BCUT2D eigenvalue weighted by Gasteiger charge is 2.18. The van der Waals surface area contributed by atoms with Gasteiger partial charge in [-0.05, 0) is 51.0 Å². The van der Waals surface area contributed by atoms with E-state index in [-0.39, 0.29) is 5.91 Å². The van der Waals surface area contributed by atoms with Gasteiger partial charge in [0.25, 0.3) is 5.91 Å². The Morgan fingerprint density at radius 2 is 1.95 bits per heavy atom. The minimum absolute atomic E-state index is 0.0523. The van der Waals surface area contributed by atoms with E-state index in [2.05, 4.69) is 17.3 Å². The summed E-state index contributed by atoms with van der Waals surface area (Å²) in [6, 6.07) is 7.77. The van der Waals surface area contributed by atoms with Crippen LogP contribution in [0.5, 0.6) is 0 Å². The highest BCUT2D eigenvalue weighted by Crippen LogP contribution is 2.20. The Hall–Kier alpha value is -1.55. The topological polar surface area (TPSA) is 35.6 Å². The molecule has 0 atom stereocenters. The van der Waals surface area contributed by atoms with Gasteiger partial charge in [-0.25, -0.2) is 0 Å². The first-order chi connectivity index (χ1) is 9.58. The molecule has 1 aromatic carbocycles. The monoisotopic (exact) mass is 275 g/mol. The predicted molar refractivity (Wildman–Crippen MR) is 83.2 cm³/mol. The van der Waals surface area contributed by atoms with Crippen molar-refractivity contribution in [3.63, 3.8) is 0 Å². The summed E-state index contributed by atoms with van der Waals surface area (Å²) in [5.74, 6) is 0.755. The zero-order valence-corrected chi connectivity index (χ0v) is 12.7. The number of piperidine rings is 1. The van der Waals surface area contributed by atoms with Crippen molar-refractivity contribution in [3.8, 4) is 0 Å². The van der Waals surface area contributed by atoms with Gasteiger partial charge in [0.2, 0.25) is 0 Å². The molecule has 4 nitrogen and oxygen atoms in total. The lowest BCUT2D eigenvalue weighted by Gasteiger charge is -2.29. The van der Waals surface area contributed by atoms with Crippen molar-refractivity contribution in [1.29, 1.82) is 0 Å². The first kappa shape index (κ1) is 14.9. The predicted octanol–water partition coefficient (Wildman–Crippen LogP) is 2.14. The van der Waals surface area contributed by atoms with Crippen molar-refractivity contribution >= 4 is 11.6 Å². The van der Waals surface area contributed by atoms with E-state index < -0.39 is 0 Å². The van der Waals surface area contributed by atoms with Crippen LogP contribution in [-0.4, -0.2) is 56.5 Å². The summed E-state index contributed by atoms with van der Waals surface area (Å²) in [4.78, 5) is 16.1. The summed E-state index contributed by atoms with van der Waals surface area (Å²) >= 11 is 0. The van der Waals surface area contributed by atoms with Gasteiger partial charge in [0.05, 0.1) is 5.56 Å². The van der Waals surface area contributed by atoms with E-state index in [0.717, 1.165) is 17.8 Å². The molecule has 1 fully saturated rings. The van der Waals surface area contributed by atoms with Crippen LogP contribution in [0.25, 0.3) is 0 Å². The SMILES string of the molecule is CN1CCC(CNc2ccccc2C(=O)N(C)C)CC1. The van der Waals surface area contributed by atoms with Crippen LogP contribution in [0.2, 0.25) is 0 Å². The van der Waals surface area contributed by atoms with Gasteiger partial charge in [-0.15, -0.1) is 0 Å². The van der Waals surface area contributed by atoms with E-state index in [9.17, 15) is 4.79 Å². The lowest BCUT2D eigenvalue weighted by Crippen LogP contribution is -2.33. The second-order valence-electron chi connectivity index (χ2n) is 5.87. The number of para-hydroxylation sites is 1. The number of benzene rings is 1. The molecule has 1 aliphatic heterocycles. The Labute approximate surface area is 121 Å². The number of hydrogen-bond acceptors (Lipinski definition) is 3. The molecule has 0 aromatic heterocycles. The molecule has 0 unspecified atom stereocenters. The lowest BCUT2D eigenvalue weighted by molar-refractivity contribution is 0.0828. The number of carbonyl (C=O) groups is 1. The smallest absolute Gasteiger partial charge is 0.255 e. The second-order valence-corrected chi connectivity index (χ2v) is 5.87. The van der Waals surface area contributed by atoms with Crippen molar-refractivity contribution in [2.75, 3.05) is 46.1 Å². The number of anilines is 1. The Balaban J connectivity index is 1.97. The second kappa shape index (κ2) is 6.75. The maximum atomic E-state index is 12.1. The first-order valence-electron chi connectivity index (χ1n) is 7.31. The fourth-order valence-corrected chi connectivity index (χ4v) is 2.59. The number of amides is 1. The van der Waals surface area contributed by atoms with Crippen LogP contribution in [0.4, 0.5) is 5.69 Å².